The molecule has 0 aliphatic carbocycles. The van der Waals surface area contributed by atoms with Gasteiger partial charge in [0, 0.05) is 24.9 Å². The van der Waals surface area contributed by atoms with E-state index < -0.39 is 4.92 Å². The monoisotopic (exact) mass is 360 g/mol. The average molecular weight is 361 g/mol. The van der Waals surface area contributed by atoms with E-state index in [0.29, 0.717) is 35.7 Å². The number of pyridine rings is 1. The topological polar surface area (TPSA) is 101 Å². The number of nitro groups is 1. The van der Waals surface area contributed by atoms with Gasteiger partial charge in [0.05, 0.1) is 22.8 Å². The highest BCUT2D eigenvalue weighted by Crippen LogP contribution is 2.25. The molecule has 0 fully saturated rings. The molecule has 1 aromatic heterocycles. The van der Waals surface area contributed by atoms with Gasteiger partial charge in [-0.15, -0.1) is 0 Å². The number of nitro benzene ring substituents is 1. The molecule has 0 aliphatic rings. The second kappa shape index (κ2) is 8.31. The smallest absolute Gasteiger partial charge is 0.270 e. The number of hydrogen-bond donors (Lipinski definition) is 1. The summed E-state index contributed by atoms with van der Waals surface area (Å²) >= 11 is 6.17. The Morgan fingerprint density at radius 3 is 2.80 bits per heavy atom. The Kier molecular flexibility index (Phi) is 6.14. The lowest BCUT2D eigenvalue weighted by molar-refractivity contribution is -0.384. The molecule has 0 amide bonds. The first-order chi connectivity index (χ1) is 11.9. The van der Waals surface area contributed by atoms with E-state index in [2.05, 4.69) is 10.3 Å². The summed E-state index contributed by atoms with van der Waals surface area (Å²) in [4.78, 5) is 14.4. The third-order valence-electron chi connectivity index (χ3n) is 3.23. The number of hydrogen-bond acceptors (Lipinski definition) is 6. The second-order valence-corrected chi connectivity index (χ2v) is 6.19. The van der Waals surface area contributed by atoms with Crippen molar-refractivity contribution in [3.63, 3.8) is 0 Å². The molecule has 1 heterocycles. The number of anilines is 1. The quantitative estimate of drug-likeness (QED) is 0.587. The van der Waals surface area contributed by atoms with Crippen molar-refractivity contribution < 1.29 is 9.66 Å². The molecule has 130 valence electrons. The van der Waals surface area contributed by atoms with Crippen LogP contribution in [-0.2, 0) is 6.54 Å². The van der Waals surface area contributed by atoms with E-state index in [1.807, 2.05) is 19.9 Å². The Bertz CT molecular complexity index is 818. The van der Waals surface area contributed by atoms with Gasteiger partial charge in [-0.1, -0.05) is 25.4 Å². The lowest BCUT2D eigenvalue weighted by Crippen LogP contribution is -2.07. The van der Waals surface area contributed by atoms with Crippen molar-refractivity contribution in [2.75, 3.05) is 11.9 Å². The van der Waals surface area contributed by atoms with E-state index in [1.165, 1.54) is 18.2 Å². The second-order valence-electron chi connectivity index (χ2n) is 5.79. The van der Waals surface area contributed by atoms with Gasteiger partial charge in [0.2, 0.25) is 5.88 Å². The Morgan fingerprint density at radius 1 is 1.44 bits per heavy atom. The Hall–Kier alpha value is -2.85. The molecule has 1 N–H and O–H groups in total. The maximum atomic E-state index is 10.8. The highest BCUT2D eigenvalue weighted by molar-refractivity contribution is 6.31. The third-order valence-corrected chi connectivity index (χ3v) is 3.51. The van der Waals surface area contributed by atoms with E-state index in [-0.39, 0.29) is 11.3 Å². The van der Waals surface area contributed by atoms with Gasteiger partial charge in [0.25, 0.3) is 5.69 Å². The van der Waals surface area contributed by atoms with Gasteiger partial charge >= 0.3 is 0 Å². The Balaban J connectivity index is 2.08. The number of halogens is 1. The fraction of sp³-hybridized carbons (Fsp3) is 0.294. The van der Waals surface area contributed by atoms with Crippen molar-refractivity contribution in [2.45, 2.75) is 20.4 Å². The maximum absolute atomic E-state index is 10.8. The number of non-ortho nitro benzene ring substituents is 1. The molecule has 0 radical (unpaired) electrons. The van der Waals surface area contributed by atoms with Crippen molar-refractivity contribution in [3.8, 4) is 11.9 Å². The van der Waals surface area contributed by atoms with E-state index in [1.54, 1.807) is 12.3 Å². The SMILES string of the molecule is CC(C)COc1ncc(CNc2ccc([N+](=O)[O-])cc2C#N)cc1Cl. The molecule has 7 nitrogen and oxygen atoms in total. The third kappa shape index (κ3) is 5.06. The molecule has 1 aromatic carbocycles. The van der Waals surface area contributed by atoms with Crippen LogP contribution in [0.25, 0.3) is 0 Å². The van der Waals surface area contributed by atoms with Gasteiger partial charge in [-0.25, -0.2) is 4.98 Å². The van der Waals surface area contributed by atoms with Crippen LogP contribution in [0.4, 0.5) is 11.4 Å². The van der Waals surface area contributed by atoms with Crippen molar-refractivity contribution in [1.82, 2.24) is 4.98 Å². The summed E-state index contributed by atoms with van der Waals surface area (Å²) in [6.07, 6.45) is 1.63. The lowest BCUT2D eigenvalue weighted by atomic mass is 10.1. The predicted octanol–water partition coefficient (Wildman–Crippen LogP) is 4.16. The molecule has 8 heteroatoms. The summed E-state index contributed by atoms with van der Waals surface area (Å²) < 4.78 is 5.52. The molecule has 2 aromatic rings. The first-order valence-electron chi connectivity index (χ1n) is 7.60. The molecule has 0 bridgehead atoms. The Labute approximate surface area is 150 Å². The number of nitriles is 1. The van der Waals surface area contributed by atoms with Crippen molar-refractivity contribution in [2.24, 2.45) is 5.92 Å². The summed E-state index contributed by atoms with van der Waals surface area (Å²) in [6.45, 7) is 4.95. The predicted molar refractivity (Wildman–Crippen MR) is 94.7 cm³/mol. The fourth-order valence-electron chi connectivity index (χ4n) is 2.00. The largest absolute Gasteiger partial charge is 0.476 e. The maximum Gasteiger partial charge on any atom is 0.270 e. The van der Waals surface area contributed by atoms with Gasteiger partial charge in [0.1, 0.15) is 11.1 Å². The molecule has 0 unspecified atom stereocenters. The summed E-state index contributed by atoms with van der Waals surface area (Å²) in [6, 6.07) is 7.76. The summed E-state index contributed by atoms with van der Waals surface area (Å²) in [5.41, 5.74) is 1.37. The standard InChI is InChI=1S/C17H17ClN4O3/c1-11(2)10-25-17-15(18)5-12(9-21-17)8-20-16-4-3-14(22(23)24)6-13(16)7-19/h3-6,9,11,20H,8,10H2,1-2H3. The van der Waals surface area contributed by atoms with Crippen LogP contribution in [0.3, 0.4) is 0 Å². The molecule has 0 spiro atoms. The van der Waals surface area contributed by atoms with Crippen LogP contribution in [0, 0.1) is 27.4 Å². The molecular weight excluding hydrogens is 344 g/mol. The van der Waals surface area contributed by atoms with Crippen molar-refractivity contribution in [3.05, 3.63) is 56.7 Å². The first-order valence-corrected chi connectivity index (χ1v) is 7.98. The van der Waals surface area contributed by atoms with E-state index >= 15 is 0 Å². The average Bonchev–Trinajstić information content (AvgIpc) is 2.58. The Morgan fingerprint density at radius 2 is 2.20 bits per heavy atom. The van der Waals surface area contributed by atoms with Crippen LogP contribution in [0.2, 0.25) is 5.02 Å². The van der Waals surface area contributed by atoms with Crippen LogP contribution in [0.1, 0.15) is 25.0 Å². The lowest BCUT2D eigenvalue weighted by Gasteiger charge is -2.11. The van der Waals surface area contributed by atoms with E-state index in [0.717, 1.165) is 5.56 Å². The van der Waals surface area contributed by atoms with Gasteiger partial charge in [-0.3, -0.25) is 10.1 Å². The van der Waals surface area contributed by atoms with Gasteiger partial charge in [-0.2, -0.15) is 5.26 Å². The minimum atomic E-state index is -0.538. The minimum absolute atomic E-state index is 0.126. The number of rotatable bonds is 7. The van der Waals surface area contributed by atoms with Crippen LogP contribution in [0.5, 0.6) is 5.88 Å². The zero-order chi connectivity index (χ0) is 18.4. The summed E-state index contributed by atoms with van der Waals surface area (Å²) in [5, 5.41) is 23.4. The molecule has 0 aliphatic heterocycles. The highest BCUT2D eigenvalue weighted by atomic mass is 35.5. The first kappa shape index (κ1) is 18.5. The van der Waals surface area contributed by atoms with Crippen molar-refractivity contribution in [1.29, 1.82) is 5.26 Å². The van der Waals surface area contributed by atoms with Gasteiger partial charge in [0.15, 0.2) is 0 Å². The summed E-state index contributed by atoms with van der Waals surface area (Å²) in [5.74, 6) is 0.748. The normalized spacial score (nSPS) is 10.4. The van der Waals surface area contributed by atoms with Gasteiger partial charge < -0.3 is 10.1 Å². The minimum Gasteiger partial charge on any atom is -0.476 e. The van der Waals surface area contributed by atoms with E-state index in [4.69, 9.17) is 21.6 Å². The van der Waals surface area contributed by atoms with Crippen LogP contribution >= 0.6 is 11.6 Å². The van der Waals surface area contributed by atoms with Crippen LogP contribution in [0.15, 0.2) is 30.5 Å². The van der Waals surface area contributed by atoms with Gasteiger partial charge in [-0.05, 0) is 23.6 Å². The molecule has 0 saturated heterocycles. The van der Waals surface area contributed by atoms with Crippen LogP contribution < -0.4 is 10.1 Å². The zero-order valence-electron chi connectivity index (χ0n) is 13.8. The van der Waals surface area contributed by atoms with Crippen molar-refractivity contribution >= 4 is 23.0 Å². The fourth-order valence-corrected chi connectivity index (χ4v) is 2.25. The zero-order valence-corrected chi connectivity index (χ0v) is 14.6. The molecule has 0 atom stereocenters. The summed E-state index contributed by atoms with van der Waals surface area (Å²) in [7, 11) is 0. The number of benzene rings is 1. The number of aromatic nitrogens is 1. The number of nitrogens with zero attached hydrogens (tertiary/aromatic N) is 3. The highest BCUT2D eigenvalue weighted by Gasteiger charge is 2.11. The van der Waals surface area contributed by atoms with Crippen LogP contribution in [-0.4, -0.2) is 16.5 Å². The molecule has 2 rings (SSSR count). The van der Waals surface area contributed by atoms with E-state index in [9.17, 15) is 10.1 Å². The molecule has 0 saturated carbocycles. The number of ether oxygens (including phenoxy) is 1. The number of nitrogens with one attached hydrogen (secondary N) is 1. The molecule has 25 heavy (non-hydrogen) atoms. The molecular formula is C17H17ClN4O3.